The molecule has 120 valence electrons. The first kappa shape index (κ1) is 15.3. The van der Waals surface area contributed by atoms with Crippen LogP contribution in [0.4, 0.5) is 0 Å². The van der Waals surface area contributed by atoms with E-state index in [2.05, 4.69) is 17.6 Å². The zero-order valence-electron chi connectivity index (χ0n) is 13.6. The monoisotopic (exact) mass is 292 g/mol. The Morgan fingerprint density at radius 1 is 0.952 bits per heavy atom. The van der Waals surface area contributed by atoms with E-state index in [4.69, 9.17) is 0 Å². The van der Waals surface area contributed by atoms with Crippen LogP contribution in [0.25, 0.3) is 0 Å². The van der Waals surface area contributed by atoms with Crippen LogP contribution in [0, 0.1) is 17.8 Å². The number of piperidine rings is 1. The van der Waals surface area contributed by atoms with Crippen molar-refractivity contribution in [2.24, 2.45) is 17.8 Å². The second-order valence-electron chi connectivity index (χ2n) is 7.72. The van der Waals surface area contributed by atoms with Crippen LogP contribution in [-0.2, 0) is 4.79 Å². The lowest BCUT2D eigenvalue weighted by atomic mass is 9.72. The molecule has 3 heteroatoms. The second kappa shape index (κ2) is 7.13. The normalized spacial score (nSPS) is 42.1. The van der Waals surface area contributed by atoms with Crippen molar-refractivity contribution in [1.29, 1.82) is 0 Å². The molecule has 0 aromatic rings. The molecule has 2 saturated heterocycles. The fourth-order valence-corrected chi connectivity index (χ4v) is 4.83. The van der Waals surface area contributed by atoms with E-state index in [1.807, 2.05) is 0 Å². The molecule has 2 aliphatic heterocycles. The Balaban J connectivity index is 1.74. The summed E-state index contributed by atoms with van der Waals surface area (Å²) in [4.78, 5) is 12.4. The van der Waals surface area contributed by atoms with Crippen LogP contribution in [0.3, 0.4) is 0 Å². The molecule has 5 unspecified atom stereocenters. The van der Waals surface area contributed by atoms with E-state index in [9.17, 15) is 4.79 Å². The Morgan fingerprint density at radius 2 is 1.76 bits per heavy atom. The predicted octanol–water partition coefficient (Wildman–Crippen LogP) is 3.24. The van der Waals surface area contributed by atoms with Gasteiger partial charge in [0.1, 0.15) is 0 Å². The van der Waals surface area contributed by atoms with Gasteiger partial charge in [0, 0.05) is 18.0 Å². The average Bonchev–Trinajstić information content (AvgIpc) is 2.51. The molecular weight excluding hydrogens is 260 g/mol. The molecule has 2 heterocycles. The summed E-state index contributed by atoms with van der Waals surface area (Å²) in [5.74, 6) is 2.20. The van der Waals surface area contributed by atoms with Gasteiger partial charge in [0.05, 0.1) is 0 Å². The van der Waals surface area contributed by atoms with Crippen molar-refractivity contribution in [3.63, 3.8) is 0 Å². The highest BCUT2D eigenvalue weighted by Crippen LogP contribution is 2.36. The number of hydrogen-bond acceptors (Lipinski definition) is 2. The second-order valence-corrected chi connectivity index (χ2v) is 7.72. The van der Waals surface area contributed by atoms with Gasteiger partial charge in [0.15, 0.2) is 0 Å². The lowest BCUT2D eigenvalue weighted by Crippen LogP contribution is -2.58. The molecule has 3 fully saturated rings. The predicted molar refractivity (Wildman–Crippen MR) is 86.0 cm³/mol. The molecule has 2 N–H and O–H groups in total. The number of rotatable bonds is 0. The molecule has 3 rings (SSSR count). The first-order valence-electron chi connectivity index (χ1n) is 9.28. The zero-order chi connectivity index (χ0) is 14.7. The first-order valence-corrected chi connectivity index (χ1v) is 9.28. The standard InChI is InChI=1S/C18H32N2O/c1-13-6-2-3-7-14-8-4-9-15(12-14)17-16(20-18(13)21)10-5-11-19-17/h13-17,19H,2-12H2,1H3,(H,20,21). The molecule has 1 aliphatic carbocycles. The highest BCUT2D eigenvalue weighted by Gasteiger charge is 2.36. The van der Waals surface area contributed by atoms with E-state index in [-0.39, 0.29) is 5.92 Å². The Kier molecular flexibility index (Phi) is 5.20. The number of carbonyl (C=O) groups is 1. The fourth-order valence-electron chi connectivity index (χ4n) is 4.83. The molecule has 0 spiro atoms. The zero-order valence-corrected chi connectivity index (χ0v) is 13.6. The van der Waals surface area contributed by atoms with Gasteiger partial charge in [0.2, 0.25) is 5.91 Å². The third-order valence-electron chi connectivity index (χ3n) is 6.11. The van der Waals surface area contributed by atoms with Gasteiger partial charge >= 0.3 is 0 Å². The SMILES string of the molecule is CC1CCCCC2CCCC(C2)C2NCCCC2NC1=O. The van der Waals surface area contributed by atoms with Crippen molar-refractivity contribution < 1.29 is 4.79 Å². The molecule has 3 nitrogen and oxygen atoms in total. The van der Waals surface area contributed by atoms with Gasteiger partial charge in [-0.1, -0.05) is 39.0 Å². The Bertz CT molecular complexity index is 357. The Labute approximate surface area is 129 Å². The van der Waals surface area contributed by atoms with Gasteiger partial charge in [-0.15, -0.1) is 0 Å². The highest BCUT2D eigenvalue weighted by atomic mass is 16.1. The molecule has 1 saturated carbocycles. The average molecular weight is 292 g/mol. The summed E-state index contributed by atoms with van der Waals surface area (Å²) in [6, 6.07) is 0.897. The van der Waals surface area contributed by atoms with E-state index in [0.717, 1.165) is 31.2 Å². The third kappa shape index (κ3) is 3.80. The van der Waals surface area contributed by atoms with Crippen molar-refractivity contribution in [2.45, 2.75) is 83.2 Å². The summed E-state index contributed by atoms with van der Waals surface area (Å²) in [6.45, 7) is 3.24. The largest absolute Gasteiger partial charge is 0.352 e. The minimum absolute atomic E-state index is 0.187. The molecule has 1 amide bonds. The molecule has 5 atom stereocenters. The van der Waals surface area contributed by atoms with Gasteiger partial charge in [-0.25, -0.2) is 0 Å². The summed E-state index contributed by atoms with van der Waals surface area (Å²) >= 11 is 0. The molecule has 0 aromatic carbocycles. The lowest BCUT2D eigenvalue weighted by molar-refractivity contribution is -0.126. The minimum Gasteiger partial charge on any atom is -0.352 e. The van der Waals surface area contributed by atoms with Crippen LogP contribution < -0.4 is 10.6 Å². The van der Waals surface area contributed by atoms with Gasteiger partial charge in [-0.05, 0) is 50.5 Å². The van der Waals surface area contributed by atoms with Crippen molar-refractivity contribution in [2.75, 3.05) is 6.54 Å². The van der Waals surface area contributed by atoms with E-state index in [0.29, 0.717) is 18.0 Å². The van der Waals surface area contributed by atoms with Crippen LogP contribution in [0.15, 0.2) is 0 Å². The first-order chi connectivity index (χ1) is 10.2. The van der Waals surface area contributed by atoms with Gasteiger partial charge in [0.25, 0.3) is 0 Å². The maximum absolute atomic E-state index is 12.4. The molecule has 3 aliphatic rings. The number of hydrogen-bond donors (Lipinski definition) is 2. The number of amides is 1. The third-order valence-corrected chi connectivity index (χ3v) is 6.11. The summed E-state index contributed by atoms with van der Waals surface area (Å²) in [5, 5.41) is 7.14. The van der Waals surface area contributed by atoms with Crippen molar-refractivity contribution >= 4 is 5.91 Å². The quantitative estimate of drug-likeness (QED) is 0.719. The Morgan fingerprint density at radius 3 is 2.67 bits per heavy atom. The van der Waals surface area contributed by atoms with Crippen molar-refractivity contribution in [1.82, 2.24) is 10.6 Å². The number of nitrogens with one attached hydrogen (secondary N) is 2. The van der Waals surface area contributed by atoms with Gasteiger partial charge < -0.3 is 10.6 Å². The molecule has 0 radical (unpaired) electrons. The van der Waals surface area contributed by atoms with E-state index < -0.39 is 0 Å². The maximum atomic E-state index is 12.4. The Hall–Kier alpha value is -0.570. The van der Waals surface area contributed by atoms with Crippen LogP contribution in [-0.4, -0.2) is 24.5 Å². The maximum Gasteiger partial charge on any atom is 0.223 e. The minimum atomic E-state index is 0.187. The van der Waals surface area contributed by atoms with Crippen molar-refractivity contribution in [3.8, 4) is 0 Å². The smallest absolute Gasteiger partial charge is 0.223 e. The van der Waals surface area contributed by atoms with Crippen LogP contribution >= 0.6 is 0 Å². The summed E-state index contributed by atoms with van der Waals surface area (Å²) in [6.07, 6.45) is 12.9. The van der Waals surface area contributed by atoms with E-state index in [1.165, 1.54) is 51.4 Å². The number of carbonyl (C=O) groups excluding carboxylic acids is 1. The summed E-state index contributed by atoms with van der Waals surface area (Å²) in [7, 11) is 0. The van der Waals surface area contributed by atoms with Crippen LogP contribution in [0.1, 0.15) is 71.1 Å². The lowest BCUT2D eigenvalue weighted by Gasteiger charge is -2.42. The molecule has 21 heavy (non-hydrogen) atoms. The topological polar surface area (TPSA) is 41.1 Å². The highest BCUT2D eigenvalue weighted by molar-refractivity contribution is 5.78. The molecule has 0 aromatic heterocycles. The fraction of sp³-hybridized carbons (Fsp3) is 0.944. The van der Waals surface area contributed by atoms with E-state index in [1.54, 1.807) is 0 Å². The van der Waals surface area contributed by atoms with Crippen LogP contribution in [0.2, 0.25) is 0 Å². The van der Waals surface area contributed by atoms with Gasteiger partial charge in [-0.3, -0.25) is 4.79 Å². The van der Waals surface area contributed by atoms with Crippen molar-refractivity contribution in [3.05, 3.63) is 0 Å². The summed E-state index contributed by atoms with van der Waals surface area (Å²) in [5.41, 5.74) is 0. The van der Waals surface area contributed by atoms with E-state index >= 15 is 0 Å². The molecular formula is C18H32N2O. The summed E-state index contributed by atoms with van der Waals surface area (Å²) < 4.78 is 0. The molecule has 2 bridgehead atoms. The van der Waals surface area contributed by atoms with Crippen LogP contribution in [0.5, 0.6) is 0 Å². The van der Waals surface area contributed by atoms with Gasteiger partial charge in [-0.2, -0.15) is 0 Å². The number of fused-ring (bicyclic) bond motifs is 4.